The molecule has 0 atom stereocenters. The highest BCUT2D eigenvalue weighted by molar-refractivity contribution is 5.81. The quantitative estimate of drug-likeness (QED) is 0.757. The minimum Gasteiger partial charge on any atom is -0.474 e. The van der Waals surface area contributed by atoms with Crippen molar-refractivity contribution in [3.8, 4) is 0 Å². The lowest BCUT2D eigenvalue weighted by Crippen LogP contribution is -1.97. The Kier molecular flexibility index (Phi) is 2.99. The van der Waals surface area contributed by atoms with Crippen molar-refractivity contribution in [3.63, 3.8) is 0 Å². The Morgan fingerprint density at radius 3 is 2.40 bits per heavy atom. The van der Waals surface area contributed by atoms with Crippen molar-refractivity contribution in [1.29, 1.82) is 0 Å². The van der Waals surface area contributed by atoms with E-state index in [2.05, 4.69) is 10.2 Å². The lowest BCUT2D eigenvalue weighted by atomic mass is 10.0. The molecular formula is C10H14N2O3. The van der Waals surface area contributed by atoms with Crippen LogP contribution in [0, 0.1) is 0 Å². The molecule has 1 aromatic rings. The van der Waals surface area contributed by atoms with Gasteiger partial charge >= 0.3 is 11.9 Å². The van der Waals surface area contributed by atoms with Crippen LogP contribution in [0.2, 0.25) is 0 Å². The number of hydrogen-bond acceptors (Lipinski definition) is 4. The van der Waals surface area contributed by atoms with Gasteiger partial charge in [-0.15, -0.1) is 10.2 Å². The van der Waals surface area contributed by atoms with Crippen molar-refractivity contribution in [2.24, 2.45) is 0 Å². The zero-order chi connectivity index (χ0) is 10.7. The van der Waals surface area contributed by atoms with Crippen molar-refractivity contribution in [3.05, 3.63) is 11.8 Å². The smallest absolute Gasteiger partial charge is 0.393 e. The van der Waals surface area contributed by atoms with Crippen molar-refractivity contribution in [2.75, 3.05) is 0 Å². The Morgan fingerprint density at radius 2 is 1.87 bits per heavy atom. The van der Waals surface area contributed by atoms with Gasteiger partial charge in [0.1, 0.15) is 0 Å². The number of nitrogens with zero attached hydrogens (tertiary/aromatic N) is 2. The normalized spacial score (nSPS) is 18.7. The molecule has 0 amide bonds. The van der Waals surface area contributed by atoms with E-state index in [1.165, 1.54) is 12.8 Å². The van der Waals surface area contributed by atoms with Gasteiger partial charge in [0.2, 0.25) is 5.89 Å². The van der Waals surface area contributed by atoms with Crippen molar-refractivity contribution >= 4 is 5.97 Å². The van der Waals surface area contributed by atoms with Crippen LogP contribution in [0.3, 0.4) is 0 Å². The summed E-state index contributed by atoms with van der Waals surface area (Å²) in [5.74, 6) is -0.695. The first-order chi connectivity index (χ1) is 7.27. The lowest BCUT2D eigenvalue weighted by Gasteiger charge is -2.07. The van der Waals surface area contributed by atoms with Crippen LogP contribution < -0.4 is 0 Å². The van der Waals surface area contributed by atoms with Gasteiger partial charge < -0.3 is 9.52 Å². The maximum absolute atomic E-state index is 10.6. The minimum absolute atomic E-state index is 0.257. The second kappa shape index (κ2) is 4.42. The molecule has 1 aliphatic rings. The molecule has 0 unspecified atom stereocenters. The average molecular weight is 210 g/mol. The van der Waals surface area contributed by atoms with Crippen molar-refractivity contribution < 1.29 is 14.3 Å². The van der Waals surface area contributed by atoms with Gasteiger partial charge in [-0.2, -0.15) is 0 Å². The van der Waals surface area contributed by atoms with Gasteiger partial charge in [0, 0.05) is 5.92 Å². The predicted molar refractivity (Wildman–Crippen MR) is 51.7 cm³/mol. The van der Waals surface area contributed by atoms with E-state index in [-0.39, 0.29) is 11.8 Å². The van der Waals surface area contributed by atoms with E-state index >= 15 is 0 Å². The van der Waals surface area contributed by atoms with Crippen molar-refractivity contribution in [2.45, 2.75) is 44.4 Å². The maximum atomic E-state index is 10.6. The van der Waals surface area contributed by atoms with Crippen LogP contribution in [-0.4, -0.2) is 21.3 Å². The molecule has 1 fully saturated rings. The largest absolute Gasteiger partial charge is 0.474 e. The topological polar surface area (TPSA) is 76.2 Å². The van der Waals surface area contributed by atoms with Gasteiger partial charge in [-0.3, -0.25) is 0 Å². The number of carboxylic acid groups (broad SMARTS) is 1. The second-order valence-electron chi connectivity index (χ2n) is 3.94. The molecule has 0 spiro atoms. The fourth-order valence-corrected chi connectivity index (χ4v) is 2.01. The van der Waals surface area contributed by atoms with E-state index in [1.54, 1.807) is 0 Å². The van der Waals surface area contributed by atoms with E-state index in [4.69, 9.17) is 9.52 Å². The predicted octanol–water partition coefficient (Wildman–Crippen LogP) is 2.21. The fourth-order valence-electron chi connectivity index (χ4n) is 2.01. The number of carboxylic acids is 1. The summed E-state index contributed by atoms with van der Waals surface area (Å²) in [7, 11) is 0. The van der Waals surface area contributed by atoms with Crippen molar-refractivity contribution in [1.82, 2.24) is 10.2 Å². The number of hydrogen-bond donors (Lipinski definition) is 1. The Labute approximate surface area is 87.5 Å². The van der Waals surface area contributed by atoms with Crippen LogP contribution in [0.25, 0.3) is 0 Å². The zero-order valence-corrected chi connectivity index (χ0v) is 8.48. The third-order valence-electron chi connectivity index (χ3n) is 2.83. The molecule has 1 heterocycles. The van der Waals surface area contributed by atoms with E-state index in [1.807, 2.05) is 0 Å². The van der Waals surface area contributed by atoms with E-state index in [0.717, 1.165) is 25.7 Å². The lowest BCUT2D eigenvalue weighted by molar-refractivity contribution is 0.0650. The molecule has 1 aliphatic carbocycles. The average Bonchev–Trinajstić information content (AvgIpc) is 2.55. The van der Waals surface area contributed by atoms with Crippen LogP contribution in [0.1, 0.15) is 61.0 Å². The second-order valence-corrected chi connectivity index (χ2v) is 3.94. The fraction of sp³-hybridized carbons (Fsp3) is 0.700. The Hall–Kier alpha value is -1.39. The minimum atomic E-state index is -1.15. The molecule has 1 N–H and O–H groups in total. The molecule has 0 saturated heterocycles. The molecule has 0 bridgehead atoms. The SMILES string of the molecule is O=C(O)c1nnc(C2CCCCCC2)o1. The van der Waals surface area contributed by atoms with Crippen LogP contribution in [0.15, 0.2) is 4.42 Å². The van der Waals surface area contributed by atoms with Gasteiger partial charge in [-0.25, -0.2) is 4.79 Å². The van der Waals surface area contributed by atoms with Gasteiger partial charge in [-0.1, -0.05) is 25.7 Å². The summed E-state index contributed by atoms with van der Waals surface area (Å²) in [6.07, 6.45) is 6.88. The monoisotopic (exact) mass is 210 g/mol. The third-order valence-corrected chi connectivity index (χ3v) is 2.83. The van der Waals surface area contributed by atoms with Gasteiger partial charge in [0.05, 0.1) is 0 Å². The first kappa shape index (κ1) is 10.1. The highest BCUT2D eigenvalue weighted by Gasteiger charge is 2.22. The molecule has 2 rings (SSSR count). The summed E-state index contributed by atoms with van der Waals surface area (Å²) in [4.78, 5) is 10.6. The number of rotatable bonds is 2. The zero-order valence-electron chi connectivity index (χ0n) is 8.48. The highest BCUT2D eigenvalue weighted by atomic mass is 16.4. The molecule has 1 aromatic heterocycles. The van der Waals surface area contributed by atoms with Gasteiger partial charge in [0.25, 0.3) is 0 Å². The Morgan fingerprint density at radius 1 is 1.20 bits per heavy atom. The first-order valence-corrected chi connectivity index (χ1v) is 5.34. The molecule has 0 aliphatic heterocycles. The Balaban J connectivity index is 2.10. The summed E-state index contributed by atoms with van der Waals surface area (Å²) in [5, 5.41) is 16.0. The van der Waals surface area contributed by atoms with Gasteiger partial charge in [-0.05, 0) is 12.8 Å². The molecule has 5 heteroatoms. The summed E-state index contributed by atoms with van der Waals surface area (Å²) in [5.41, 5.74) is 0. The van der Waals surface area contributed by atoms with E-state index in [0.29, 0.717) is 5.89 Å². The molecule has 15 heavy (non-hydrogen) atoms. The van der Waals surface area contributed by atoms with E-state index < -0.39 is 5.97 Å². The Bertz CT molecular complexity index is 340. The summed E-state index contributed by atoms with van der Waals surface area (Å²) >= 11 is 0. The highest BCUT2D eigenvalue weighted by Crippen LogP contribution is 2.30. The first-order valence-electron chi connectivity index (χ1n) is 5.34. The molecule has 82 valence electrons. The molecule has 0 radical (unpaired) electrons. The van der Waals surface area contributed by atoms with Crippen LogP contribution >= 0.6 is 0 Å². The van der Waals surface area contributed by atoms with Crippen LogP contribution in [0.5, 0.6) is 0 Å². The number of aromatic nitrogens is 2. The van der Waals surface area contributed by atoms with Crippen LogP contribution in [-0.2, 0) is 0 Å². The van der Waals surface area contributed by atoms with Crippen LogP contribution in [0.4, 0.5) is 0 Å². The molecular weight excluding hydrogens is 196 g/mol. The summed E-state index contributed by atoms with van der Waals surface area (Å²) < 4.78 is 5.12. The van der Waals surface area contributed by atoms with E-state index in [9.17, 15) is 4.79 Å². The number of carbonyl (C=O) groups is 1. The molecule has 5 nitrogen and oxygen atoms in total. The third kappa shape index (κ3) is 2.34. The summed E-state index contributed by atoms with van der Waals surface area (Å²) in [6.45, 7) is 0. The number of aromatic carboxylic acids is 1. The molecule has 0 aromatic carbocycles. The maximum Gasteiger partial charge on any atom is 0.393 e. The summed E-state index contributed by atoms with van der Waals surface area (Å²) in [6, 6.07) is 0. The van der Waals surface area contributed by atoms with Gasteiger partial charge in [0.15, 0.2) is 0 Å². The molecule has 1 saturated carbocycles. The standard InChI is InChI=1S/C10H14N2O3/c13-10(14)9-12-11-8(15-9)7-5-3-1-2-4-6-7/h7H,1-6H2,(H,13,14).